The zero-order chi connectivity index (χ0) is 15.4. The number of aryl methyl sites for hydroxylation is 1. The number of aromatic nitrogens is 2. The second-order valence-electron chi connectivity index (χ2n) is 4.75. The van der Waals surface area contributed by atoms with Crippen molar-refractivity contribution in [3.05, 3.63) is 45.7 Å². The molecule has 0 saturated carbocycles. The number of benzene rings is 1. The summed E-state index contributed by atoms with van der Waals surface area (Å²) in [6, 6.07) is 7.73. The van der Waals surface area contributed by atoms with E-state index in [1.54, 1.807) is 11.9 Å². The SMILES string of the molecule is CCOc1ccc(CN(C)C(=O)c2n[nH]c(C)c2Br)cc1. The van der Waals surface area contributed by atoms with Crippen LogP contribution in [0.4, 0.5) is 0 Å². The van der Waals surface area contributed by atoms with Crippen molar-refractivity contribution in [1.29, 1.82) is 0 Å². The van der Waals surface area contributed by atoms with Gasteiger partial charge in [0.05, 0.1) is 11.1 Å². The zero-order valence-electron chi connectivity index (χ0n) is 12.3. The largest absolute Gasteiger partial charge is 0.494 e. The topological polar surface area (TPSA) is 58.2 Å². The van der Waals surface area contributed by atoms with Gasteiger partial charge in [0, 0.05) is 19.3 Å². The van der Waals surface area contributed by atoms with Crippen LogP contribution in [0.1, 0.15) is 28.7 Å². The maximum absolute atomic E-state index is 12.3. The molecule has 1 amide bonds. The van der Waals surface area contributed by atoms with Gasteiger partial charge in [-0.3, -0.25) is 9.89 Å². The van der Waals surface area contributed by atoms with E-state index in [2.05, 4.69) is 26.1 Å². The summed E-state index contributed by atoms with van der Waals surface area (Å²) in [4.78, 5) is 14.0. The minimum absolute atomic E-state index is 0.125. The van der Waals surface area contributed by atoms with Crippen LogP contribution in [-0.4, -0.2) is 34.7 Å². The molecule has 0 aliphatic rings. The normalized spacial score (nSPS) is 10.5. The first-order chi connectivity index (χ1) is 10.0. The van der Waals surface area contributed by atoms with Crippen molar-refractivity contribution in [3.8, 4) is 5.75 Å². The van der Waals surface area contributed by atoms with Gasteiger partial charge in [-0.05, 0) is 47.5 Å². The Balaban J connectivity index is 2.05. The lowest BCUT2D eigenvalue weighted by Crippen LogP contribution is -2.26. The predicted molar refractivity (Wildman–Crippen MR) is 84.4 cm³/mol. The molecule has 6 heteroatoms. The molecule has 2 aromatic rings. The van der Waals surface area contributed by atoms with E-state index in [-0.39, 0.29) is 5.91 Å². The number of H-pyrrole nitrogens is 1. The number of hydrogen-bond acceptors (Lipinski definition) is 3. The molecular formula is C15H18BrN3O2. The lowest BCUT2D eigenvalue weighted by atomic mass is 10.2. The number of halogens is 1. The molecule has 0 fully saturated rings. The van der Waals surface area contributed by atoms with Crippen LogP contribution in [0, 0.1) is 6.92 Å². The van der Waals surface area contributed by atoms with E-state index in [4.69, 9.17) is 4.74 Å². The number of rotatable bonds is 5. The standard InChI is InChI=1S/C15H18BrN3O2/c1-4-21-12-7-5-11(6-8-12)9-19(3)15(20)14-13(16)10(2)17-18-14/h5-8H,4,9H2,1-3H3,(H,17,18). The third-order valence-corrected chi connectivity index (χ3v) is 4.05. The maximum atomic E-state index is 12.3. The van der Waals surface area contributed by atoms with Gasteiger partial charge in [-0.2, -0.15) is 5.10 Å². The molecule has 0 spiro atoms. The number of carbonyl (C=O) groups excluding carboxylic acids is 1. The summed E-state index contributed by atoms with van der Waals surface area (Å²) in [5, 5.41) is 6.83. The third kappa shape index (κ3) is 3.64. The Morgan fingerprint density at radius 2 is 2.05 bits per heavy atom. The highest BCUT2D eigenvalue weighted by Crippen LogP contribution is 2.20. The number of nitrogens with zero attached hydrogens (tertiary/aromatic N) is 2. The Labute approximate surface area is 132 Å². The Morgan fingerprint density at radius 3 is 2.57 bits per heavy atom. The molecule has 1 aromatic carbocycles. The van der Waals surface area contributed by atoms with Crippen LogP contribution in [0.25, 0.3) is 0 Å². The molecule has 21 heavy (non-hydrogen) atoms. The lowest BCUT2D eigenvalue weighted by Gasteiger charge is -2.16. The van der Waals surface area contributed by atoms with E-state index in [0.717, 1.165) is 17.0 Å². The zero-order valence-corrected chi connectivity index (χ0v) is 13.9. The summed E-state index contributed by atoms with van der Waals surface area (Å²) in [6.07, 6.45) is 0. The monoisotopic (exact) mass is 351 g/mol. The number of amides is 1. The Kier molecular flexibility index (Phi) is 5.01. The van der Waals surface area contributed by atoms with Crippen molar-refractivity contribution in [1.82, 2.24) is 15.1 Å². The van der Waals surface area contributed by atoms with Crippen molar-refractivity contribution in [3.63, 3.8) is 0 Å². The highest BCUT2D eigenvalue weighted by atomic mass is 79.9. The first-order valence-electron chi connectivity index (χ1n) is 6.70. The lowest BCUT2D eigenvalue weighted by molar-refractivity contribution is 0.0778. The minimum atomic E-state index is -0.125. The van der Waals surface area contributed by atoms with Gasteiger partial charge in [0.1, 0.15) is 5.75 Å². The summed E-state index contributed by atoms with van der Waals surface area (Å²) < 4.78 is 6.11. The third-order valence-electron chi connectivity index (χ3n) is 3.08. The first-order valence-corrected chi connectivity index (χ1v) is 7.50. The highest BCUT2D eigenvalue weighted by Gasteiger charge is 2.19. The average molecular weight is 352 g/mol. The van der Waals surface area contributed by atoms with Gasteiger partial charge in [0.2, 0.25) is 0 Å². The van der Waals surface area contributed by atoms with E-state index in [1.165, 1.54) is 0 Å². The molecule has 0 atom stereocenters. The van der Waals surface area contributed by atoms with Gasteiger partial charge in [-0.25, -0.2) is 0 Å². The van der Waals surface area contributed by atoms with E-state index < -0.39 is 0 Å². The molecule has 1 aromatic heterocycles. The second-order valence-corrected chi connectivity index (χ2v) is 5.54. The van der Waals surface area contributed by atoms with Crippen molar-refractivity contribution in [2.24, 2.45) is 0 Å². The number of hydrogen-bond donors (Lipinski definition) is 1. The van der Waals surface area contributed by atoms with E-state index in [1.807, 2.05) is 38.1 Å². The number of nitrogens with one attached hydrogen (secondary N) is 1. The number of carbonyl (C=O) groups is 1. The van der Waals surface area contributed by atoms with E-state index in [0.29, 0.717) is 23.3 Å². The Hall–Kier alpha value is -1.82. The van der Waals surface area contributed by atoms with Gasteiger partial charge in [0.15, 0.2) is 5.69 Å². The molecular weight excluding hydrogens is 334 g/mol. The molecule has 1 N–H and O–H groups in total. The fraction of sp³-hybridized carbons (Fsp3) is 0.333. The van der Waals surface area contributed by atoms with Crippen LogP contribution < -0.4 is 4.74 Å². The van der Waals surface area contributed by atoms with Crippen LogP contribution in [0.5, 0.6) is 5.75 Å². The van der Waals surface area contributed by atoms with Gasteiger partial charge in [0.25, 0.3) is 5.91 Å². The van der Waals surface area contributed by atoms with Crippen molar-refractivity contribution in [2.75, 3.05) is 13.7 Å². The summed E-state index contributed by atoms with van der Waals surface area (Å²) in [5.74, 6) is 0.709. The number of aromatic amines is 1. The molecule has 0 radical (unpaired) electrons. The van der Waals surface area contributed by atoms with Crippen molar-refractivity contribution in [2.45, 2.75) is 20.4 Å². The van der Waals surface area contributed by atoms with E-state index >= 15 is 0 Å². The molecule has 0 saturated heterocycles. The molecule has 0 bridgehead atoms. The highest BCUT2D eigenvalue weighted by molar-refractivity contribution is 9.10. The smallest absolute Gasteiger partial charge is 0.275 e. The van der Waals surface area contributed by atoms with Crippen molar-refractivity contribution >= 4 is 21.8 Å². The first kappa shape index (κ1) is 15.6. The van der Waals surface area contributed by atoms with E-state index in [9.17, 15) is 4.79 Å². The molecule has 1 heterocycles. The van der Waals surface area contributed by atoms with Gasteiger partial charge < -0.3 is 9.64 Å². The molecule has 2 rings (SSSR count). The minimum Gasteiger partial charge on any atom is -0.494 e. The molecule has 0 unspecified atom stereocenters. The Bertz CT molecular complexity index is 622. The van der Waals surface area contributed by atoms with Crippen LogP contribution in [0.3, 0.4) is 0 Å². The molecule has 5 nitrogen and oxygen atoms in total. The van der Waals surface area contributed by atoms with Crippen LogP contribution >= 0.6 is 15.9 Å². The number of ether oxygens (including phenoxy) is 1. The van der Waals surface area contributed by atoms with Crippen molar-refractivity contribution < 1.29 is 9.53 Å². The van der Waals surface area contributed by atoms with Crippen LogP contribution in [0.15, 0.2) is 28.7 Å². The summed E-state index contributed by atoms with van der Waals surface area (Å²) in [5.41, 5.74) is 2.28. The second kappa shape index (κ2) is 6.76. The predicted octanol–water partition coefficient (Wildman–Crippen LogP) is 3.15. The molecule has 0 aliphatic carbocycles. The quantitative estimate of drug-likeness (QED) is 0.899. The summed E-state index contributed by atoms with van der Waals surface area (Å²) in [7, 11) is 1.76. The maximum Gasteiger partial charge on any atom is 0.275 e. The summed E-state index contributed by atoms with van der Waals surface area (Å²) in [6.45, 7) is 4.97. The average Bonchev–Trinajstić information content (AvgIpc) is 2.80. The molecule has 112 valence electrons. The molecule has 0 aliphatic heterocycles. The summed E-state index contributed by atoms with van der Waals surface area (Å²) >= 11 is 3.37. The Morgan fingerprint density at radius 1 is 1.38 bits per heavy atom. The van der Waals surface area contributed by atoms with Gasteiger partial charge >= 0.3 is 0 Å². The van der Waals surface area contributed by atoms with Gasteiger partial charge in [-0.1, -0.05) is 12.1 Å². The van der Waals surface area contributed by atoms with Crippen LogP contribution in [-0.2, 0) is 6.54 Å². The van der Waals surface area contributed by atoms with Gasteiger partial charge in [-0.15, -0.1) is 0 Å². The van der Waals surface area contributed by atoms with Crippen LogP contribution in [0.2, 0.25) is 0 Å². The fourth-order valence-corrected chi connectivity index (χ4v) is 2.29. The fourth-order valence-electron chi connectivity index (χ4n) is 1.94.